The van der Waals surface area contributed by atoms with Gasteiger partial charge in [0.2, 0.25) is 10.0 Å². The Labute approximate surface area is 115 Å². The lowest BCUT2D eigenvalue weighted by Crippen LogP contribution is -2.36. The third kappa shape index (κ3) is 2.77. The Morgan fingerprint density at radius 2 is 2.11 bits per heavy atom. The van der Waals surface area contributed by atoms with Gasteiger partial charge in [-0.3, -0.25) is 0 Å². The average molecular weight is 282 g/mol. The van der Waals surface area contributed by atoms with E-state index in [0.29, 0.717) is 11.4 Å². The lowest BCUT2D eigenvalue weighted by atomic mass is 10.0. The third-order valence-electron chi connectivity index (χ3n) is 3.51. The summed E-state index contributed by atoms with van der Waals surface area (Å²) in [4.78, 5) is 0.385. The maximum Gasteiger partial charge on any atom is 0.243 e. The summed E-state index contributed by atoms with van der Waals surface area (Å²) >= 11 is 0. The zero-order chi connectivity index (χ0) is 14.0. The molecule has 1 aliphatic rings. The van der Waals surface area contributed by atoms with Crippen molar-refractivity contribution in [2.45, 2.75) is 44.6 Å². The number of aryl methyl sites for hydroxylation is 1. The van der Waals surface area contributed by atoms with E-state index in [1.807, 2.05) is 26.8 Å². The van der Waals surface area contributed by atoms with Crippen LogP contribution in [0.2, 0.25) is 0 Å². The smallest absolute Gasteiger partial charge is 0.243 e. The molecule has 19 heavy (non-hydrogen) atoms. The molecule has 0 amide bonds. The van der Waals surface area contributed by atoms with Crippen molar-refractivity contribution in [1.82, 2.24) is 4.31 Å². The summed E-state index contributed by atoms with van der Waals surface area (Å²) in [6.07, 6.45) is 2.12. The van der Waals surface area contributed by atoms with Gasteiger partial charge in [-0.05, 0) is 44.4 Å². The Kier molecular flexibility index (Phi) is 4.16. The SMILES string of the molecule is CCN(C(C)C)S(=O)(=O)c1ccc2c(c1)NCCC2. The highest BCUT2D eigenvalue weighted by atomic mass is 32.2. The van der Waals surface area contributed by atoms with Crippen LogP contribution < -0.4 is 5.32 Å². The number of sulfonamides is 1. The standard InChI is InChI=1S/C14H22N2O2S/c1-4-16(11(2)3)19(17,18)13-8-7-12-6-5-9-15-14(12)10-13/h7-8,10-11,15H,4-6,9H2,1-3H3. The molecule has 0 saturated carbocycles. The number of benzene rings is 1. The molecule has 0 atom stereocenters. The first kappa shape index (κ1) is 14.3. The van der Waals surface area contributed by atoms with Crippen LogP contribution in [-0.2, 0) is 16.4 Å². The van der Waals surface area contributed by atoms with Crippen LogP contribution in [0.5, 0.6) is 0 Å². The molecule has 0 unspecified atom stereocenters. The molecule has 1 aromatic rings. The molecule has 0 saturated heterocycles. The number of rotatable bonds is 4. The van der Waals surface area contributed by atoms with Crippen molar-refractivity contribution in [3.05, 3.63) is 23.8 Å². The molecule has 1 heterocycles. The van der Waals surface area contributed by atoms with Crippen LogP contribution in [0, 0.1) is 0 Å². The van der Waals surface area contributed by atoms with E-state index in [9.17, 15) is 8.42 Å². The van der Waals surface area contributed by atoms with Crippen LogP contribution in [0.15, 0.2) is 23.1 Å². The summed E-state index contributed by atoms with van der Waals surface area (Å²) in [7, 11) is -3.39. The maximum absolute atomic E-state index is 12.6. The molecule has 1 aliphatic heterocycles. The van der Waals surface area contributed by atoms with E-state index in [2.05, 4.69) is 5.32 Å². The van der Waals surface area contributed by atoms with Crippen molar-refractivity contribution in [3.63, 3.8) is 0 Å². The molecule has 1 aromatic carbocycles. The monoisotopic (exact) mass is 282 g/mol. The second kappa shape index (κ2) is 5.51. The second-order valence-corrected chi connectivity index (χ2v) is 7.04. The normalized spacial score (nSPS) is 15.4. The quantitative estimate of drug-likeness (QED) is 0.923. The zero-order valence-electron chi connectivity index (χ0n) is 11.8. The molecule has 4 nitrogen and oxygen atoms in total. The first-order valence-corrected chi connectivity index (χ1v) is 8.29. The lowest BCUT2D eigenvalue weighted by Gasteiger charge is -2.25. The van der Waals surface area contributed by atoms with Crippen LogP contribution in [0.25, 0.3) is 0 Å². The first-order chi connectivity index (χ1) is 8.96. The number of fused-ring (bicyclic) bond motifs is 1. The molecule has 106 valence electrons. The summed E-state index contributed by atoms with van der Waals surface area (Å²) in [5.74, 6) is 0. The predicted octanol–water partition coefficient (Wildman–Crippen LogP) is 2.46. The summed E-state index contributed by atoms with van der Waals surface area (Å²) in [5, 5.41) is 3.28. The van der Waals surface area contributed by atoms with Gasteiger partial charge in [0.25, 0.3) is 0 Å². The highest BCUT2D eigenvalue weighted by molar-refractivity contribution is 7.89. The van der Waals surface area contributed by atoms with Gasteiger partial charge in [0.05, 0.1) is 4.90 Å². The Bertz CT molecular complexity index is 553. The van der Waals surface area contributed by atoms with E-state index in [1.54, 1.807) is 12.1 Å². The largest absolute Gasteiger partial charge is 0.385 e. The van der Waals surface area contributed by atoms with E-state index < -0.39 is 10.0 Å². The minimum atomic E-state index is -3.39. The summed E-state index contributed by atoms with van der Waals surface area (Å²) in [6, 6.07) is 5.41. The van der Waals surface area contributed by atoms with E-state index in [4.69, 9.17) is 0 Å². The molecule has 2 rings (SSSR count). The van der Waals surface area contributed by atoms with Crippen LogP contribution in [-0.4, -0.2) is 31.9 Å². The van der Waals surface area contributed by atoms with Gasteiger partial charge >= 0.3 is 0 Å². The third-order valence-corrected chi connectivity index (χ3v) is 5.66. The van der Waals surface area contributed by atoms with Gasteiger partial charge in [0.15, 0.2) is 0 Å². The van der Waals surface area contributed by atoms with Crippen LogP contribution in [0.1, 0.15) is 32.8 Å². The molecular formula is C14H22N2O2S. The molecule has 0 aliphatic carbocycles. The van der Waals surface area contributed by atoms with Gasteiger partial charge in [0, 0.05) is 24.8 Å². The van der Waals surface area contributed by atoms with Gasteiger partial charge < -0.3 is 5.32 Å². The van der Waals surface area contributed by atoms with Gasteiger partial charge in [-0.1, -0.05) is 13.0 Å². The highest BCUT2D eigenvalue weighted by Gasteiger charge is 2.26. The summed E-state index contributed by atoms with van der Waals surface area (Å²) in [5.41, 5.74) is 2.17. The predicted molar refractivity (Wildman–Crippen MR) is 78.0 cm³/mol. The van der Waals surface area contributed by atoms with Crippen LogP contribution in [0.3, 0.4) is 0 Å². The fourth-order valence-electron chi connectivity index (χ4n) is 2.55. The Balaban J connectivity index is 2.40. The van der Waals surface area contributed by atoms with Gasteiger partial charge in [-0.2, -0.15) is 4.31 Å². The lowest BCUT2D eigenvalue weighted by molar-refractivity contribution is 0.369. The number of anilines is 1. The number of hydrogen-bond donors (Lipinski definition) is 1. The molecule has 5 heteroatoms. The fraction of sp³-hybridized carbons (Fsp3) is 0.571. The molecule has 0 fully saturated rings. The molecule has 1 N–H and O–H groups in total. The van der Waals surface area contributed by atoms with Crippen molar-refractivity contribution in [1.29, 1.82) is 0 Å². The number of hydrogen-bond acceptors (Lipinski definition) is 3. The zero-order valence-corrected chi connectivity index (χ0v) is 12.6. The Morgan fingerprint density at radius 3 is 2.74 bits per heavy atom. The first-order valence-electron chi connectivity index (χ1n) is 6.85. The Hall–Kier alpha value is -1.07. The topological polar surface area (TPSA) is 49.4 Å². The van der Waals surface area contributed by atoms with E-state index in [-0.39, 0.29) is 6.04 Å². The summed E-state index contributed by atoms with van der Waals surface area (Å²) < 4.78 is 26.7. The minimum Gasteiger partial charge on any atom is -0.385 e. The van der Waals surface area contributed by atoms with E-state index >= 15 is 0 Å². The average Bonchev–Trinajstić information content (AvgIpc) is 2.38. The summed E-state index contributed by atoms with van der Waals surface area (Å²) in [6.45, 7) is 7.08. The van der Waals surface area contributed by atoms with E-state index in [1.165, 1.54) is 9.87 Å². The molecular weight excluding hydrogens is 260 g/mol. The molecule has 0 radical (unpaired) electrons. The van der Waals surface area contributed by atoms with Gasteiger partial charge in [-0.25, -0.2) is 8.42 Å². The molecule has 0 bridgehead atoms. The van der Waals surface area contributed by atoms with E-state index in [0.717, 1.165) is 25.1 Å². The molecule has 0 aromatic heterocycles. The second-order valence-electron chi connectivity index (χ2n) is 5.15. The van der Waals surface area contributed by atoms with Crippen LogP contribution in [0.4, 0.5) is 5.69 Å². The van der Waals surface area contributed by atoms with Crippen molar-refractivity contribution >= 4 is 15.7 Å². The van der Waals surface area contributed by atoms with Gasteiger partial charge in [0.1, 0.15) is 0 Å². The maximum atomic E-state index is 12.6. The number of nitrogens with one attached hydrogen (secondary N) is 1. The van der Waals surface area contributed by atoms with Crippen molar-refractivity contribution in [2.75, 3.05) is 18.4 Å². The van der Waals surface area contributed by atoms with Crippen molar-refractivity contribution in [2.24, 2.45) is 0 Å². The van der Waals surface area contributed by atoms with Gasteiger partial charge in [-0.15, -0.1) is 0 Å². The Morgan fingerprint density at radius 1 is 1.37 bits per heavy atom. The van der Waals surface area contributed by atoms with Crippen LogP contribution >= 0.6 is 0 Å². The highest BCUT2D eigenvalue weighted by Crippen LogP contribution is 2.27. The van der Waals surface area contributed by atoms with Crippen molar-refractivity contribution in [3.8, 4) is 0 Å². The minimum absolute atomic E-state index is 0.0287. The fourth-order valence-corrected chi connectivity index (χ4v) is 4.22. The van der Waals surface area contributed by atoms with Crippen molar-refractivity contribution < 1.29 is 8.42 Å². The number of nitrogens with zero attached hydrogens (tertiary/aromatic N) is 1. The molecule has 0 spiro atoms.